The standard InChI is InChI=1S/C16H27NO2/c1-6-17-14(12-16(2,3)19-5)11-13-9-7-8-10-15(13)18-4/h7-10,14,17H,6,11-12H2,1-5H3. The quantitative estimate of drug-likeness (QED) is 0.783. The summed E-state index contributed by atoms with van der Waals surface area (Å²) in [7, 11) is 3.49. The van der Waals surface area contributed by atoms with E-state index in [2.05, 4.69) is 38.2 Å². The maximum absolute atomic E-state index is 5.54. The van der Waals surface area contributed by atoms with E-state index in [1.807, 2.05) is 12.1 Å². The Hall–Kier alpha value is -1.06. The molecule has 0 amide bonds. The van der Waals surface area contributed by atoms with Gasteiger partial charge in [-0.2, -0.15) is 0 Å². The third-order valence-electron chi connectivity index (χ3n) is 3.44. The Morgan fingerprint density at radius 3 is 2.47 bits per heavy atom. The monoisotopic (exact) mass is 265 g/mol. The topological polar surface area (TPSA) is 30.5 Å². The Kier molecular flexibility index (Phi) is 6.32. The highest BCUT2D eigenvalue weighted by Crippen LogP contribution is 2.23. The maximum Gasteiger partial charge on any atom is 0.122 e. The fourth-order valence-corrected chi connectivity index (χ4v) is 2.32. The Bertz CT molecular complexity index is 377. The van der Waals surface area contributed by atoms with Crippen LogP contribution in [-0.2, 0) is 11.2 Å². The molecule has 0 fully saturated rings. The Morgan fingerprint density at radius 1 is 1.21 bits per heavy atom. The SMILES string of the molecule is CCNC(Cc1ccccc1OC)CC(C)(C)OC. The molecule has 0 aliphatic carbocycles. The zero-order valence-corrected chi connectivity index (χ0v) is 12.8. The Balaban J connectivity index is 2.77. The second-order valence-electron chi connectivity index (χ2n) is 5.44. The summed E-state index contributed by atoms with van der Waals surface area (Å²) in [5.74, 6) is 0.959. The Labute approximate surface area is 117 Å². The molecule has 0 saturated carbocycles. The summed E-state index contributed by atoms with van der Waals surface area (Å²) in [6, 6.07) is 8.59. The molecule has 1 rings (SSSR count). The first-order chi connectivity index (χ1) is 9.02. The van der Waals surface area contributed by atoms with Gasteiger partial charge in [-0.1, -0.05) is 25.1 Å². The van der Waals surface area contributed by atoms with Crippen LogP contribution in [0.4, 0.5) is 0 Å². The van der Waals surface area contributed by atoms with Crippen molar-refractivity contribution in [2.75, 3.05) is 20.8 Å². The van der Waals surface area contributed by atoms with Gasteiger partial charge in [-0.25, -0.2) is 0 Å². The van der Waals surface area contributed by atoms with Gasteiger partial charge in [-0.3, -0.25) is 0 Å². The minimum absolute atomic E-state index is 0.116. The molecule has 108 valence electrons. The van der Waals surface area contributed by atoms with Crippen molar-refractivity contribution in [2.45, 2.75) is 45.3 Å². The molecule has 0 bridgehead atoms. The molecule has 19 heavy (non-hydrogen) atoms. The molecule has 0 spiro atoms. The molecule has 1 atom stereocenters. The van der Waals surface area contributed by atoms with Crippen molar-refractivity contribution in [3.8, 4) is 5.75 Å². The highest BCUT2D eigenvalue weighted by molar-refractivity contribution is 5.33. The lowest BCUT2D eigenvalue weighted by molar-refractivity contribution is 0.00722. The second-order valence-corrected chi connectivity index (χ2v) is 5.44. The molecule has 0 saturated heterocycles. The van der Waals surface area contributed by atoms with Gasteiger partial charge in [-0.15, -0.1) is 0 Å². The molecule has 0 heterocycles. The van der Waals surface area contributed by atoms with Crippen LogP contribution in [0.15, 0.2) is 24.3 Å². The van der Waals surface area contributed by atoms with E-state index in [1.54, 1.807) is 14.2 Å². The molecule has 1 aromatic carbocycles. The van der Waals surface area contributed by atoms with Crippen LogP contribution in [0.1, 0.15) is 32.8 Å². The minimum Gasteiger partial charge on any atom is -0.496 e. The van der Waals surface area contributed by atoms with E-state index < -0.39 is 0 Å². The first kappa shape index (κ1) is 16.0. The predicted octanol–water partition coefficient (Wildman–Crippen LogP) is 3.03. The molecule has 3 nitrogen and oxygen atoms in total. The summed E-state index contributed by atoms with van der Waals surface area (Å²) >= 11 is 0. The highest BCUT2D eigenvalue weighted by atomic mass is 16.5. The smallest absolute Gasteiger partial charge is 0.122 e. The summed E-state index contributed by atoms with van der Waals surface area (Å²) in [6.45, 7) is 7.34. The van der Waals surface area contributed by atoms with Crippen LogP contribution < -0.4 is 10.1 Å². The lowest BCUT2D eigenvalue weighted by Crippen LogP contribution is -2.39. The van der Waals surface area contributed by atoms with Crippen molar-refractivity contribution >= 4 is 0 Å². The van der Waals surface area contributed by atoms with Gasteiger partial charge in [0.25, 0.3) is 0 Å². The van der Waals surface area contributed by atoms with E-state index in [0.29, 0.717) is 6.04 Å². The van der Waals surface area contributed by atoms with Crippen LogP contribution in [-0.4, -0.2) is 32.4 Å². The number of benzene rings is 1. The molecule has 1 N–H and O–H groups in total. The van der Waals surface area contributed by atoms with Gasteiger partial charge in [0.1, 0.15) is 5.75 Å². The fraction of sp³-hybridized carbons (Fsp3) is 0.625. The number of likely N-dealkylation sites (N-methyl/N-ethyl adjacent to an activating group) is 1. The zero-order valence-electron chi connectivity index (χ0n) is 12.8. The van der Waals surface area contributed by atoms with Gasteiger partial charge >= 0.3 is 0 Å². The summed E-state index contributed by atoms with van der Waals surface area (Å²) in [5, 5.41) is 3.54. The summed E-state index contributed by atoms with van der Waals surface area (Å²) in [6.07, 6.45) is 1.92. The van der Waals surface area contributed by atoms with Crippen LogP contribution in [0.3, 0.4) is 0 Å². The molecule has 0 aliphatic rings. The van der Waals surface area contributed by atoms with Gasteiger partial charge in [0, 0.05) is 13.2 Å². The molecular weight excluding hydrogens is 238 g/mol. The second kappa shape index (κ2) is 7.51. The number of nitrogens with one attached hydrogen (secondary N) is 1. The van der Waals surface area contributed by atoms with Crippen molar-refractivity contribution in [3.05, 3.63) is 29.8 Å². The van der Waals surface area contributed by atoms with E-state index in [9.17, 15) is 0 Å². The van der Waals surface area contributed by atoms with Crippen LogP contribution in [0, 0.1) is 0 Å². The van der Waals surface area contributed by atoms with Gasteiger partial charge in [-0.05, 0) is 44.9 Å². The summed E-state index contributed by atoms with van der Waals surface area (Å²) < 4.78 is 11.0. The zero-order chi connectivity index (χ0) is 14.3. The van der Waals surface area contributed by atoms with Gasteiger partial charge < -0.3 is 14.8 Å². The first-order valence-corrected chi connectivity index (χ1v) is 6.93. The predicted molar refractivity (Wildman–Crippen MR) is 79.9 cm³/mol. The molecule has 1 aromatic rings. The maximum atomic E-state index is 5.54. The molecular formula is C16H27NO2. The third-order valence-corrected chi connectivity index (χ3v) is 3.44. The number of rotatable bonds is 8. The van der Waals surface area contributed by atoms with Gasteiger partial charge in [0.15, 0.2) is 0 Å². The first-order valence-electron chi connectivity index (χ1n) is 6.93. The molecule has 0 radical (unpaired) electrons. The number of para-hydroxylation sites is 1. The molecule has 3 heteroatoms. The van der Waals surface area contributed by atoms with Crippen LogP contribution in [0.2, 0.25) is 0 Å². The molecule has 0 aliphatic heterocycles. The van der Waals surface area contributed by atoms with Crippen molar-refractivity contribution in [1.82, 2.24) is 5.32 Å². The van der Waals surface area contributed by atoms with Crippen molar-refractivity contribution in [1.29, 1.82) is 0 Å². The fourth-order valence-electron chi connectivity index (χ4n) is 2.32. The lowest BCUT2D eigenvalue weighted by Gasteiger charge is -2.29. The minimum atomic E-state index is -0.116. The molecule has 1 unspecified atom stereocenters. The van der Waals surface area contributed by atoms with Gasteiger partial charge in [0.05, 0.1) is 12.7 Å². The number of hydrogen-bond donors (Lipinski definition) is 1. The number of methoxy groups -OCH3 is 2. The van der Waals surface area contributed by atoms with E-state index >= 15 is 0 Å². The van der Waals surface area contributed by atoms with Crippen molar-refractivity contribution < 1.29 is 9.47 Å². The number of ether oxygens (including phenoxy) is 2. The lowest BCUT2D eigenvalue weighted by atomic mass is 9.93. The highest BCUT2D eigenvalue weighted by Gasteiger charge is 2.23. The van der Waals surface area contributed by atoms with Crippen molar-refractivity contribution in [3.63, 3.8) is 0 Å². The number of hydrogen-bond acceptors (Lipinski definition) is 3. The van der Waals surface area contributed by atoms with E-state index in [-0.39, 0.29) is 5.60 Å². The average Bonchev–Trinajstić information content (AvgIpc) is 2.39. The van der Waals surface area contributed by atoms with Crippen molar-refractivity contribution in [2.24, 2.45) is 0 Å². The average molecular weight is 265 g/mol. The summed E-state index contributed by atoms with van der Waals surface area (Å²) in [5.41, 5.74) is 1.12. The van der Waals surface area contributed by atoms with Crippen LogP contribution in [0.25, 0.3) is 0 Å². The van der Waals surface area contributed by atoms with E-state index in [1.165, 1.54) is 5.56 Å². The van der Waals surface area contributed by atoms with E-state index in [4.69, 9.17) is 9.47 Å². The molecule has 0 aromatic heterocycles. The Morgan fingerprint density at radius 2 is 1.89 bits per heavy atom. The van der Waals surface area contributed by atoms with E-state index in [0.717, 1.165) is 25.1 Å². The van der Waals surface area contributed by atoms with Crippen LogP contribution in [0.5, 0.6) is 5.75 Å². The normalized spacial score (nSPS) is 13.3. The largest absolute Gasteiger partial charge is 0.496 e. The third kappa shape index (κ3) is 5.21. The summed E-state index contributed by atoms with van der Waals surface area (Å²) in [4.78, 5) is 0. The van der Waals surface area contributed by atoms with Crippen LogP contribution >= 0.6 is 0 Å². The van der Waals surface area contributed by atoms with Gasteiger partial charge in [0.2, 0.25) is 0 Å².